The lowest BCUT2D eigenvalue weighted by molar-refractivity contribution is 0.176. The minimum Gasteiger partial charge on any atom is -0.491 e. The second-order valence-corrected chi connectivity index (χ2v) is 6.20. The standard InChI is InChI=1S/C17H26N2O/c1-12(2)19-17(6,11-18)10-15(5)20-16-8-13(3)7-14(4)9-16/h7-9,12,15,19H,10H2,1-6H3. The van der Waals surface area contributed by atoms with E-state index >= 15 is 0 Å². The highest BCUT2D eigenvalue weighted by atomic mass is 16.5. The largest absolute Gasteiger partial charge is 0.491 e. The SMILES string of the molecule is Cc1cc(C)cc(OC(C)CC(C)(C#N)NC(C)C)c1. The third kappa shape index (κ3) is 5.22. The van der Waals surface area contributed by atoms with Gasteiger partial charge in [-0.1, -0.05) is 6.07 Å². The van der Waals surface area contributed by atoms with Crippen molar-refractivity contribution in [1.29, 1.82) is 5.26 Å². The molecule has 3 nitrogen and oxygen atoms in total. The first-order valence-electron chi connectivity index (χ1n) is 7.18. The van der Waals surface area contributed by atoms with Crippen LogP contribution in [0, 0.1) is 25.2 Å². The van der Waals surface area contributed by atoms with E-state index in [0.717, 1.165) is 5.75 Å². The van der Waals surface area contributed by atoms with Gasteiger partial charge in [-0.3, -0.25) is 5.32 Å². The van der Waals surface area contributed by atoms with E-state index < -0.39 is 5.54 Å². The minimum atomic E-state index is -0.563. The molecule has 0 fully saturated rings. The zero-order valence-corrected chi connectivity index (χ0v) is 13.4. The molecule has 1 N–H and O–H groups in total. The Hall–Kier alpha value is -1.53. The summed E-state index contributed by atoms with van der Waals surface area (Å²) in [7, 11) is 0. The predicted molar refractivity (Wildman–Crippen MR) is 82.9 cm³/mol. The molecule has 0 radical (unpaired) electrons. The number of ether oxygens (including phenoxy) is 1. The molecule has 110 valence electrons. The van der Waals surface area contributed by atoms with Crippen molar-refractivity contribution in [3.8, 4) is 11.8 Å². The van der Waals surface area contributed by atoms with Crippen molar-refractivity contribution in [2.75, 3.05) is 0 Å². The molecule has 20 heavy (non-hydrogen) atoms. The molecular formula is C17H26N2O. The quantitative estimate of drug-likeness (QED) is 0.859. The molecule has 2 atom stereocenters. The zero-order chi connectivity index (χ0) is 15.3. The van der Waals surface area contributed by atoms with Gasteiger partial charge in [0.1, 0.15) is 11.3 Å². The summed E-state index contributed by atoms with van der Waals surface area (Å²) in [5.74, 6) is 0.875. The topological polar surface area (TPSA) is 45.0 Å². The minimum absolute atomic E-state index is 0.0212. The van der Waals surface area contributed by atoms with E-state index in [0.29, 0.717) is 6.42 Å². The highest BCUT2D eigenvalue weighted by Crippen LogP contribution is 2.21. The fourth-order valence-corrected chi connectivity index (χ4v) is 2.62. The van der Waals surface area contributed by atoms with Gasteiger partial charge in [0.15, 0.2) is 0 Å². The Morgan fingerprint density at radius 3 is 2.20 bits per heavy atom. The van der Waals surface area contributed by atoms with Gasteiger partial charge in [0, 0.05) is 12.5 Å². The Bertz CT molecular complexity index is 470. The third-order valence-corrected chi connectivity index (χ3v) is 3.08. The summed E-state index contributed by atoms with van der Waals surface area (Å²) in [6, 6.07) is 8.81. The predicted octanol–water partition coefficient (Wildman–Crippen LogP) is 3.74. The highest BCUT2D eigenvalue weighted by Gasteiger charge is 2.27. The molecule has 0 spiro atoms. The van der Waals surface area contributed by atoms with E-state index in [9.17, 15) is 5.26 Å². The van der Waals surface area contributed by atoms with E-state index in [1.807, 2.05) is 39.8 Å². The molecule has 0 aliphatic heterocycles. The molecule has 1 aromatic carbocycles. The number of hydrogen-bond donors (Lipinski definition) is 1. The maximum atomic E-state index is 9.37. The van der Waals surface area contributed by atoms with E-state index in [1.54, 1.807) is 0 Å². The molecule has 0 amide bonds. The second kappa shape index (κ2) is 6.76. The normalized spacial score (nSPS) is 15.5. The molecule has 1 aromatic rings. The van der Waals surface area contributed by atoms with Crippen LogP contribution in [0.15, 0.2) is 18.2 Å². The van der Waals surface area contributed by atoms with Gasteiger partial charge in [0.05, 0.1) is 12.2 Å². The molecular weight excluding hydrogens is 248 g/mol. The summed E-state index contributed by atoms with van der Waals surface area (Å²) in [6.07, 6.45) is 0.626. The van der Waals surface area contributed by atoms with E-state index in [-0.39, 0.29) is 12.1 Å². The lowest BCUT2D eigenvalue weighted by Gasteiger charge is -2.29. The average Bonchev–Trinajstić information content (AvgIpc) is 2.25. The summed E-state index contributed by atoms with van der Waals surface area (Å²) in [4.78, 5) is 0. The zero-order valence-electron chi connectivity index (χ0n) is 13.4. The van der Waals surface area contributed by atoms with Gasteiger partial charge in [-0.05, 0) is 64.8 Å². The maximum Gasteiger partial charge on any atom is 0.120 e. The van der Waals surface area contributed by atoms with Gasteiger partial charge in [-0.2, -0.15) is 5.26 Å². The molecule has 1 rings (SSSR count). The van der Waals surface area contributed by atoms with Crippen LogP contribution < -0.4 is 10.1 Å². The van der Waals surface area contributed by atoms with Gasteiger partial charge < -0.3 is 4.74 Å². The summed E-state index contributed by atoms with van der Waals surface area (Å²) >= 11 is 0. The molecule has 0 bridgehead atoms. The number of hydrogen-bond acceptors (Lipinski definition) is 3. The molecule has 3 heteroatoms. The number of aryl methyl sites for hydroxylation is 2. The average molecular weight is 274 g/mol. The second-order valence-electron chi connectivity index (χ2n) is 6.20. The van der Waals surface area contributed by atoms with Crippen LogP contribution in [0.3, 0.4) is 0 Å². The number of nitrogens with zero attached hydrogens (tertiary/aromatic N) is 1. The maximum absolute atomic E-state index is 9.37. The monoisotopic (exact) mass is 274 g/mol. The van der Waals surface area contributed by atoms with Crippen LogP contribution in [0.4, 0.5) is 0 Å². The third-order valence-electron chi connectivity index (χ3n) is 3.08. The van der Waals surface area contributed by atoms with Crippen molar-refractivity contribution in [2.24, 2.45) is 0 Å². The Kier molecular flexibility index (Phi) is 5.59. The number of benzene rings is 1. The van der Waals surface area contributed by atoms with Crippen molar-refractivity contribution >= 4 is 0 Å². The number of nitrogens with one attached hydrogen (secondary N) is 1. The molecule has 0 saturated carbocycles. The van der Waals surface area contributed by atoms with Crippen LogP contribution in [0.2, 0.25) is 0 Å². The summed E-state index contributed by atoms with van der Waals surface area (Å²) < 4.78 is 5.96. The van der Waals surface area contributed by atoms with Gasteiger partial charge in [-0.25, -0.2) is 0 Å². The number of rotatable bonds is 6. The molecule has 0 aromatic heterocycles. The first-order chi connectivity index (χ1) is 9.24. The van der Waals surface area contributed by atoms with Crippen LogP contribution in [0.1, 0.15) is 45.2 Å². The van der Waals surface area contributed by atoms with Gasteiger partial charge in [-0.15, -0.1) is 0 Å². The van der Waals surface area contributed by atoms with E-state index in [4.69, 9.17) is 4.74 Å². The number of nitriles is 1. The molecule has 0 aliphatic rings. The fraction of sp³-hybridized carbons (Fsp3) is 0.588. The van der Waals surface area contributed by atoms with Crippen molar-refractivity contribution in [2.45, 2.75) is 65.6 Å². The molecule has 0 heterocycles. The first-order valence-corrected chi connectivity index (χ1v) is 7.18. The summed E-state index contributed by atoms with van der Waals surface area (Å²) in [5, 5.41) is 12.7. The van der Waals surface area contributed by atoms with Crippen LogP contribution >= 0.6 is 0 Å². The van der Waals surface area contributed by atoms with Crippen molar-refractivity contribution < 1.29 is 4.74 Å². The lowest BCUT2D eigenvalue weighted by Crippen LogP contribution is -2.47. The van der Waals surface area contributed by atoms with E-state index in [1.165, 1.54) is 11.1 Å². The van der Waals surface area contributed by atoms with Crippen LogP contribution in [-0.2, 0) is 0 Å². The highest BCUT2D eigenvalue weighted by molar-refractivity contribution is 5.33. The molecule has 0 aliphatic carbocycles. The van der Waals surface area contributed by atoms with Gasteiger partial charge in [0.2, 0.25) is 0 Å². The Balaban J connectivity index is 2.71. The molecule has 0 saturated heterocycles. The van der Waals surface area contributed by atoms with Gasteiger partial charge >= 0.3 is 0 Å². The van der Waals surface area contributed by atoms with Gasteiger partial charge in [0.25, 0.3) is 0 Å². The smallest absolute Gasteiger partial charge is 0.120 e. The Morgan fingerprint density at radius 2 is 1.75 bits per heavy atom. The van der Waals surface area contributed by atoms with Crippen molar-refractivity contribution in [1.82, 2.24) is 5.32 Å². The Morgan fingerprint density at radius 1 is 1.20 bits per heavy atom. The summed E-state index contributed by atoms with van der Waals surface area (Å²) in [5.41, 5.74) is 1.82. The van der Waals surface area contributed by atoms with Crippen molar-refractivity contribution in [3.05, 3.63) is 29.3 Å². The van der Waals surface area contributed by atoms with Crippen LogP contribution in [0.25, 0.3) is 0 Å². The van der Waals surface area contributed by atoms with Crippen LogP contribution in [-0.4, -0.2) is 17.7 Å². The van der Waals surface area contributed by atoms with Crippen molar-refractivity contribution in [3.63, 3.8) is 0 Å². The molecule has 2 unspecified atom stereocenters. The Labute approximate surface area is 123 Å². The first kappa shape index (κ1) is 16.5. The van der Waals surface area contributed by atoms with Crippen LogP contribution in [0.5, 0.6) is 5.75 Å². The lowest BCUT2D eigenvalue weighted by atomic mass is 9.95. The summed E-state index contributed by atoms with van der Waals surface area (Å²) in [6.45, 7) is 12.1. The fourth-order valence-electron chi connectivity index (χ4n) is 2.62. The van der Waals surface area contributed by atoms with E-state index in [2.05, 4.69) is 31.3 Å².